The van der Waals surface area contributed by atoms with Crippen molar-refractivity contribution in [1.82, 2.24) is 20.0 Å². The lowest BCUT2D eigenvalue weighted by Crippen LogP contribution is -2.60. The Balaban J connectivity index is 1.27. The molecule has 200 valence electrons. The summed E-state index contributed by atoms with van der Waals surface area (Å²) in [4.78, 5) is 32.5. The minimum Gasteiger partial charge on any atom is -0.506 e. The fourth-order valence-electron chi connectivity index (χ4n) is 5.16. The average molecular weight is 528 g/mol. The van der Waals surface area contributed by atoms with Gasteiger partial charge in [-0.3, -0.25) is 19.4 Å². The number of aryl methyl sites for hydroxylation is 1. The van der Waals surface area contributed by atoms with E-state index in [4.69, 9.17) is 11.6 Å². The third kappa shape index (κ3) is 7.23. The van der Waals surface area contributed by atoms with E-state index in [0.717, 1.165) is 38.9 Å². The van der Waals surface area contributed by atoms with E-state index in [9.17, 15) is 14.7 Å². The van der Waals surface area contributed by atoms with Crippen molar-refractivity contribution in [3.05, 3.63) is 58.6 Å². The summed E-state index contributed by atoms with van der Waals surface area (Å²) in [6, 6.07) is 13.4. The second kappa shape index (κ2) is 12.7. The number of likely N-dealkylation sites (N-methyl/N-ethyl adjacent to an activating group) is 1. The van der Waals surface area contributed by atoms with Crippen molar-refractivity contribution < 1.29 is 14.7 Å². The molecule has 0 spiro atoms. The van der Waals surface area contributed by atoms with Gasteiger partial charge in [-0.15, -0.1) is 0 Å². The normalized spacial score (nSPS) is 21.1. The lowest BCUT2D eigenvalue weighted by Gasteiger charge is -2.42. The molecule has 2 aromatic carbocycles. The number of hydrogen-bond donors (Lipinski definition) is 3. The monoisotopic (exact) mass is 527 g/mol. The Bertz CT molecular complexity index is 1080. The first kappa shape index (κ1) is 27.4. The number of halogens is 1. The Hall–Kier alpha value is -2.65. The summed E-state index contributed by atoms with van der Waals surface area (Å²) in [6.45, 7) is 6.85. The van der Waals surface area contributed by atoms with Gasteiger partial charge in [-0.2, -0.15) is 0 Å². The van der Waals surface area contributed by atoms with Crippen LogP contribution in [0.25, 0.3) is 0 Å². The van der Waals surface area contributed by atoms with Crippen molar-refractivity contribution in [3.8, 4) is 5.75 Å². The van der Waals surface area contributed by atoms with E-state index < -0.39 is 0 Å². The molecule has 2 amide bonds. The molecular weight excluding hydrogens is 490 g/mol. The number of amides is 2. The molecule has 0 radical (unpaired) electrons. The Kier molecular flexibility index (Phi) is 9.43. The predicted molar refractivity (Wildman–Crippen MR) is 147 cm³/mol. The Labute approximate surface area is 224 Å². The van der Waals surface area contributed by atoms with Crippen LogP contribution >= 0.6 is 11.6 Å². The van der Waals surface area contributed by atoms with Crippen molar-refractivity contribution in [3.63, 3.8) is 0 Å². The number of hydrogen-bond acceptors (Lipinski definition) is 6. The van der Waals surface area contributed by atoms with Gasteiger partial charge in [0.05, 0.1) is 23.7 Å². The van der Waals surface area contributed by atoms with Gasteiger partial charge in [0, 0.05) is 38.4 Å². The van der Waals surface area contributed by atoms with Crippen LogP contribution in [-0.4, -0.2) is 84.1 Å². The SMILES string of the molecule is CCc1ccc(CN2CCN(C(=O)CN3CCC[C@@H](C(=O)Nc4ccc(O)c(Cl)c4)C3)CC2NC)cc1. The summed E-state index contributed by atoms with van der Waals surface area (Å²) < 4.78 is 0. The van der Waals surface area contributed by atoms with Crippen LogP contribution in [0.15, 0.2) is 42.5 Å². The smallest absolute Gasteiger partial charge is 0.236 e. The maximum Gasteiger partial charge on any atom is 0.236 e. The number of nitrogens with zero attached hydrogens (tertiary/aromatic N) is 3. The number of nitrogens with one attached hydrogen (secondary N) is 2. The van der Waals surface area contributed by atoms with Crippen LogP contribution in [0.2, 0.25) is 5.02 Å². The molecular formula is C28H38ClN5O3. The van der Waals surface area contributed by atoms with Gasteiger partial charge in [0.1, 0.15) is 5.75 Å². The molecule has 2 fully saturated rings. The zero-order chi connectivity index (χ0) is 26.4. The molecule has 0 aliphatic carbocycles. The van der Waals surface area contributed by atoms with E-state index in [1.807, 2.05) is 11.9 Å². The third-order valence-electron chi connectivity index (χ3n) is 7.44. The summed E-state index contributed by atoms with van der Waals surface area (Å²) >= 11 is 5.96. The number of likely N-dealkylation sites (tertiary alicyclic amines) is 1. The number of phenolic OH excluding ortho intramolecular Hbond substituents is 1. The molecule has 1 unspecified atom stereocenters. The molecule has 2 atom stereocenters. The predicted octanol–water partition coefficient (Wildman–Crippen LogP) is 3.15. The van der Waals surface area contributed by atoms with Gasteiger partial charge in [0.25, 0.3) is 0 Å². The number of carbonyl (C=O) groups excluding carboxylic acids is 2. The Morgan fingerprint density at radius 2 is 1.81 bits per heavy atom. The zero-order valence-electron chi connectivity index (χ0n) is 21.8. The molecule has 0 aromatic heterocycles. The minimum atomic E-state index is -0.199. The van der Waals surface area contributed by atoms with E-state index in [1.54, 1.807) is 6.07 Å². The maximum atomic E-state index is 13.2. The van der Waals surface area contributed by atoms with Gasteiger partial charge < -0.3 is 20.6 Å². The van der Waals surface area contributed by atoms with E-state index in [0.29, 0.717) is 31.9 Å². The van der Waals surface area contributed by atoms with E-state index in [1.165, 1.54) is 23.3 Å². The number of piperidine rings is 1. The molecule has 9 heteroatoms. The van der Waals surface area contributed by atoms with Crippen LogP contribution in [0, 0.1) is 5.92 Å². The summed E-state index contributed by atoms with van der Waals surface area (Å²) in [5.41, 5.74) is 3.18. The van der Waals surface area contributed by atoms with Gasteiger partial charge in [-0.1, -0.05) is 42.8 Å². The highest BCUT2D eigenvalue weighted by Gasteiger charge is 2.31. The van der Waals surface area contributed by atoms with E-state index in [2.05, 4.69) is 51.6 Å². The molecule has 2 aliphatic heterocycles. The number of piperazine rings is 1. The van der Waals surface area contributed by atoms with Crippen molar-refractivity contribution >= 4 is 29.1 Å². The molecule has 0 bridgehead atoms. The number of aromatic hydroxyl groups is 1. The molecule has 4 rings (SSSR count). The van der Waals surface area contributed by atoms with Crippen LogP contribution in [0.1, 0.15) is 30.9 Å². The fraction of sp³-hybridized carbons (Fsp3) is 0.500. The average Bonchev–Trinajstić information content (AvgIpc) is 2.91. The summed E-state index contributed by atoms with van der Waals surface area (Å²) in [6.07, 6.45) is 2.78. The second-order valence-electron chi connectivity index (χ2n) is 10.0. The number of rotatable bonds is 8. The van der Waals surface area contributed by atoms with Crippen LogP contribution < -0.4 is 10.6 Å². The number of phenols is 1. The standard InChI is InChI=1S/C28H38ClN5O3/c1-3-20-6-8-21(9-7-20)16-33-13-14-34(18-26(33)30-2)27(36)19-32-12-4-5-22(17-32)28(37)31-23-10-11-25(35)24(29)15-23/h6-11,15,22,26,30,35H,3-5,12-14,16-19H2,1-2H3,(H,31,37)/t22-,26?/m1/s1. The first-order valence-electron chi connectivity index (χ1n) is 13.1. The Morgan fingerprint density at radius 1 is 1.05 bits per heavy atom. The highest BCUT2D eigenvalue weighted by molar-refractivity contribution is 6.32. The molecule has 0 saturated carbocycles. The topological polar surface area (TPSA) is 88.2 Å². The largest absolute Gasteiger partial charge is 0.506 e. The van der Waals surface area contributed by atoms with Crippen molar-refractivity contribution in [2.45, 2.75) is 38.9 Å². The summed E-state index contributed by atoms with van der Waals surface area (Å²) in [5.74, 6) is -0.197. The first-order valence-corrected chi connectivity index (χ1v) is 13.5. The molecule has 3 N–H and O–H groups in total. The van der Waals surface area contributed by atoms with Crippen molar-refractivity contribution in [2.75, 3.05) is 51.6 Å². The highest BCUT2D eigenvalue weighted by Crippen LogP contribution is 2.27. The zero-order valence-corrected chi connectivity index (χ0v) is 22.5. The lowest BCUT2D eigenvalue weighted by atomic mass is 9.97. The summed E-state index contributed by atoms with van der Waals surface area (Å²) in [5, 5.41) is 16.1. The second-order valence-corrected chi connectivity index (χ2v) is 10.4. The van der Waals surface area contributed by atoms with Gasteiger partial charge in [0.15, 0.2) is 0 Å². The van der Waals surface area contributed by atoms with Crippen LogP contribution in [0.4, 0.5) is 5.69 Å². The van der Waals surface area contributed by atoms with Crippen LogP contribution in [0.3, 0.4) is 0 Å². The highest BCUT2D eigenvalue weighted by atomic mass is 35.5. The number of benzene rings is 2. The minimum absolute atomic E-state index is 0.0194. The molecule has 2 aromatic rings. The van der Waals surface area contributed by atoms with E-state index >= 15 is 0 Å². The number of carbonyl (C=O) groups is 2. The van der Waals surface area contributed by atoms with Gasteiger partial charge >= 0.3 is 0 Å². The lowest BCUT2D eigenvalue weighted by molar-refractivity contribution is -0.137. The molecule has 2 aliphatic rings. The van der Waals surface area contributed by atoms with Gasteiger partial charge in [-0.05, 0) is 62.2 Å². The van der Waals surface area contributed by atoms with Crippen molar-refractivity contribution in [2.24, 2.45) is 5.92 Å². The van der Waals surface area contributed by atoms with Crippen LogP contribution in [-0.2, 0) is 22.6 Å². The van der Waals surface area contributed by atoms with Crippen LogP contribution in [0.5, 0.6) is 5.75 Å². The van der Waals surface area contributed by atoms with E-state index in [-0.39, 0.29) is 34.7 Å². The first-order chi connectivity index (χ1) is 17.9. The quantitative estimate of drug-likeness (QED) is 0.457. The molecule has 37 heavy (non-hydrogen) atoms. The molecule has 8 nitrogen and oxygen atoms in total. The van der Waals surface area contributed by atoms with Gasteiger partial charge in [-0.25, -0.2) is 0 Å². The fourth-order valence-corrected chi connectivity index (χ4v) is 5.34. The third-order valence-corrected chi connectivity index (χ3v) is 7.75. The maximum absolute atomic E-state index is 13.2. The molecule has 2 saturated heterocycles. The van der Waals surface area contributed by atoms with Crippen molar-refractivity contribution in [1.29, 1.82) is 0 Å². The van der Waals surface area contributed by atoms with Gasteiger partial charge in [0.2, 0.25) is 11.8 Å². The number of anilines is 1. The summed E-state index contributed by atoms with van der Waals surface area (Å²) in [7, 11) is 1.95. The Morgan fingerprint density at radius 3 is 2.51 bits per heavy atom. The molecule has 2 heterocycles.